The van der Waals surface area contributed by atoms with E-state index in [1.54, 1.807) is 0 Å². The minimum absolute atomic E-state index is 0.00803. The highest BCUT2D eigenvalue weighted by atomic mass is 31.2. The topological polar surface area (TPSA) is 134 Å². The molecule has 1 aliphatic heterocycles. The van der Waals surface area contributed by atoms with Crippen LogP contribution in [0.15, 0.2) is 29.1 Å². The Bertz CT molecular complexity index is 838. The van der Waals surface area contributed by atoms with Gasteiger partial charge in [-0.25, -0.2) is 4.57 Å². The number of aliphatic hydroxyl groups is 1. The highest BCUT2D eigenvalue weighted by molar-refractivity contribution is 7.45. The molecule has 0 radical (unpaired) electrons. The van der Waals surface area contributed by atoms with Gasteiger partial charge in [-0.15, -0.1) is 0 Å². The summed E-state index contributed by atoms with van der Waals surface area (Å²) in [4.78, 5) is 39.0. The molecule has 9 heteroatoms. The van der Waals surface area contributed by atoms with Crippen molar-refractivity contribution in [1.29, 1.82) is 0 Å². The van der Waals surface area contributed by atoms with Crippen LogP contribution in [0, 0.1) is 6.92 Å². The third-order valence-electron chi connectivity index (χ3n) is 4.54. The molecular weight excluding hydrogens is 359 g/mol. The minimum atomic E-state index is -4.64. The van der Waals surface area contributed by atoms with Crippen molar-refractivity contribution in [3.05, 3.63) is 45.9 Å². The number of aryl methyl sites for hydroxylation is 1. The number of nitrogens with zero attached hydrogens (tertiary/aromatic N) is 1. The van der Waals surface area contributed by atoms with E-state index in [2.05, 4.69) is 16.0 Å². The van der Waals surface area contributed by atoms with Crippen molar-refractivity contribution in [2.75, 3.05) is 19.7 Å². The maximum atomic E-state index is 12.2. The zero-order chi connectivity index (χ0) is 19.3. The Hall–Kier alpha value is -1.54. The zero-order valence-corrected chi connectivity index (χ0v) is 15.5. The SMILES string of the molecule is Cc1cccc2c(=O)[nH]c(CCN3CCC[C@@H]3CO)cc12.O=P(O)(O)O. The zero-order valence-electron chi connectivity index (χ0n) is 14.6. The molecule has 1 saturated heterocycles. The molecule has 1 aliphatic rings. The average Bonchev–Trinajstić information content (AvgIpc) is 3.00. The lowest BCUT2D eigenvalue weighted by Crippen LogP contribution is -2.34. The van der Waals surface area contributed by atoms with Crippen molar-refractivity contribution < 1.29 is 24.4 Å². The minimum Gasteiger partial charge on any atom is -0.395 e. The number of phosphoric acid groups is 1. The summed E-state index contributed by atoms with van der Waals surface area (Å²) in [7, 11) is -4.64. The molecule has 26 heavy (non-hydrogen) atoms. The van der Waals surface area contributed by atoms with E-state index in [0.717, 1.165) is 54.4 Å². The Morgan fingerprint density at radius 2 is 1.96 bits per heavy atom. The first-order valence-electron chi connectivity index (χ1n) is 8.43. The molecule has 0 spiro atoms. The molecule has 8 nitrogen and oxygen atoms in total. The molecule has 1 aromatic heterocycles. The van der Waals surface area contributed by atoms with Gasteiger partial charge in [0.05, 0.1) is 6.61 Å². The maximum absolute atomic E-state index is 12.2. The van der Waals surface area contributed by atoms with Gasteiger partial charge in [0, 0.05) is 30.1 Å². The summed E-state index contributed by atoms with van der Waals surface area (Å²) in [5.74, 6) is 0. The van der Waals surface area contributed by atoms with Crippen molar-refractivity contribution >= 4 is 18.6 Å². The summed E-state index contributed by atoms with van der Waals surface area (Å²) < 4.78 is 8.88. The fourth-order valence-corrected chi connectivity index (χ4v) is 3.29. The first kappa shape index (κ1) is 20.8. The number of pyridine rings is 1. The predicted molar refractivity (Wildman–Crippen MR) is 99.0 cm³/mol. The van der Waals surface area contributed by atoms with Crippen molar-refractivity contribution in [2.24, 2.45) is 0 Å². The largest absolute Gasteiger partial charge is 0.466 e. The van der Waals surface area contributed by atoms with Crippen LogP contribution in [0.1, 0.15) is 24.1 Å². The standard InChI is InChI=1S/C17H22N2O2.H3O4P/c1-12-4-2-6-15-16(12)10-13(18-17(15)21)7-9-19-8-3-5-14(19)11-20;1-5(2,3)4/h2,4,6,10,14,20H,3,5,7-9,11H2,1H3,(H,18,21);(H3,1,2,3,4)/t14-;/m1./s1. The van der Waals surface area contributed by atoms with Crippen molar-refractivity contribution in [3.8, 4) is 0 Å². The van der Waals surface area contributed by atoms with Gasteiger partial charge in [-0.05, 0) is 49.4 Å². The number of rotatable bonds is 4. The van der Waals surface area contributed by atoms with Crippen LogP contribution < -0.4 is 5.56 Å². The fraction of sp³-hybridized carbons (Fsp3) is 0.471. The van der Waals surface area contributed by atoms with Crippen LogP contribution in [0.25, 0.3) is 10.8 Å². The predicted octanol–water partition coefficient (Wildman–Crippen LogP) is 0.907. The van der Waals surface area contributed by atoms with Crippen LogP contribution in [0.5, 0.6) is 0 Å². The van der Waals surface area contributed by atoms with E-state index >= 15 is 0 Å². The molecular formula is C17H25N2O6P. The number of aromatic amines is 1. The quantitative estimate of drug-likeness (QED) is 0.495. The van der Waals surface area contributed by atoms with E-state index in [-0.39, 0.29) is 12.2 Å². The molecule has 0 bridgehead atoms. The third kappa shape index (κ3) is 6.02. The molecule has 3 rings (SSSR count). The van der Waals surface area contributed by atoms with Gasteiger partial charge < -0.3 is 24.8 Å². The Balaban J connectivity index is 0.000000431. The molecule has 0 aliphatic carbocycles. The summed E-state index contributed by atoms with van der Waals surface area (Å²) in [5, 5.41) is 11.2. The molecule has 1 aromatic carbocycles. The Labute approximate surface area is 151 Å². The maximum Gasteiger partial charge on any atom is 0.466 e. The van der Waals surface area contributed by atoms with Crippen LogP contribution in [0.2, 0.25) is 0 Å². The lowest BCUT2D eigenvalue weighted by molar-refractivity contribution is 0.160. The van der Waals surface area contributed by atoms with Gasteiger partial charge in [0.15, 0.2) is 0 Å². The number of likely N-dealkylation sites (tertiary alicyclic amines) is 1. The van der Waals surface area contributed by atoms with E-state index in [9.17, 15) is 9.90 Å². The highest BCUT2D eigenvalue weighted by Gasteiger charge is 2.23. The number of aliphatic hydroxyl groups excluding tert-OH is 1. The Morgan fingerprint density at radius 1 is 1.27 bits per heavy atom. The van der Waals surface area contributed by atoms with E-state index in [1.807, 2.05) is 25.1 Å². The fourth-order valence-electron chi connectivity index (χ4n) is 3.29. The van der Waals surface area contributed by atoms with Crippen molar-refractivity contribution in [2.45, 2.75) is 32.2 Å². The van der Waals surface area contributed by atoms with Crippen LogP contribution in [0.4, 0.5) is 0 Å². The normalized spacial score (nSPS) is 18.0. The number of nitrogens with one attached hydrogen (secondary N) is 1. The first-order chi connectivity index (χ1) is 12.2. The van der Waals surface area contributed by atoms with E-state index < -0.39 is 7.82 Å². The second-order valence-electron chi connectivity index (χ2n) is 6.44. The van der Waals surface area contributed by atoms with Gasteiger partial charge in [0.1, 0.15) is 0 Å². The van der Waals surface area contributed by atoms with Gasteiger partial charge in [-0.2, -0.15) is 0 Å². The second-order valence-corrected chi connectivity index (χ2v) is 7.46. The third-order valence-corrected chi connectivity index (χ3v) is 4.54. The molecule has 144 valence electrons. The summed E-state index contributed by atoms with van der Waals surface area (Å²) in [6.07, 6.45) is 3.04. The summed E-state index contributed by atoms with van der Waals surface area (Å²) in [6.45, 7) is 4.20. The molecule has 0 amide bonds. The van der Waals surface area contributed by atoms with E-state index in [1.165, 1.54) is 0 Å². The number of hydrogen-bond acceptors (Lipinski definition) is 4. The number of H-pyrrole nitrogens is 1. The molecule has 5 N–H and O–H groups in total. The van der Waals surface area contributed by atoms with E-state index in [4.69, 9.17) is 19.2 Å². The van der Waals surface area contributed by atoms with Crippen molar-refractivity contribution in [3.63, 3.8) is 0 Å². The Kier molecular flexibility index (Phi) is 7.11. The van der Waals surface area contributed by atoms with E-state index in [0.29, 0.717) is 6.04 Å². The summed E-state index contributed by atoms with van der Waals surface area (Å²) in [6, 6.07) is 8.21. The average molecular weight is 384 g/mol. The number of benzene rings is 1. The highest BCUT2D eigenvalue weighted by Crippen LogP contribution is 2.25. The molecule has 1 fully saturated rings. The molecule has 1 atom stereocenters. The molecule has 0 unspecified atom stereocenters. The smallest absolute Gasteiger partial charge is 0.395 e. The van der Waals surface area contributed by atoms with Crippen LogP contribution >= 0.6 is 7.82 Å². The monoisotopic (exact) mass is 384 g/mol. The Morgan fingerprint density at radius 3 is 2.62 bits per heavy atom. The van der Waals surface area contributed by atoms with Crippen LogP contribution in [0.3, 0.4) is 0 Å². The summed E-state index contributed by atoms with van der Waals surface area (Å²) >= 11 is 0. The van der Waals surface area contributed by atoms with Gasteiger partial charge in [0.25, 0.3) is 5.56 Å². The lowest BCUT2D eigenvalue weighted by Gasteiger charge is -2.22. The lowest BCUT2D eigenvalue weighted by atomic mass is 10.1. The summed E-state index contributed by atoms with van der Waals surface area (Å²) in [5.41, 5.74) is 2.10. The molecule has 2 heterocycles. The van der Waals surface area contributed by atoms with Crippen molar-refractivity contribution in [1.82, 2.24) is 9.88 Å². The van der Waals surface area contributed by atoms with Crippen LogP contribution in [-0.4, -0.2) is 55.4 Å². The van der Waals surface area contributed by atoms with Gasteiger partial charge >= 0.3 is 7.82 Å². The molecule has 0 saturated carbocycles. The van der Waals surface area contributed by atoms with Gasteiger partial charge in [-0.1, -0.05) is 12.1 Å². The van der Waals surface area contributed by atoms with Gasteiger partial charge in [-0.3, -0.25) is 9.69 Å². The number of hydrogen-bond donors (Lipinski definition) is 5. The van der Waals surface area contributed by atoms with Crippen LogP contribution in [-0.2, 0) is 11.0 Å². The first-order valence-corrected chi connectivity index (χ1v) is 10.0. The number of fused-ring (bicyclic) bond motifs is 1. The molecule has 2 aromatic rings. The second kappa shape index (κ2) is 8.90. The number of aromatic nitrogens is 1. The van der Waals surface area contributed by atoms with Gasteiger partial charge in [0.2, 0.25) is 0 Å².